The Bertz CT molecular complexity index is 447. The Balaban J connectivity index is 2.91. The Labute approximate surface area is 113 Å². The van der Waals surface area contributed by atoms with Crippen molar-refractivity contribution in [1.29, 1.82) is 0 Å². The minimum absolute atomic E-state index is 0.0599. The van der Waals surface area contributed by atoms with Gasteiger partial charge < -0.3 is 15.3 Å². The summed E-state index contributed by atoms with van der Waals surface area (Å²) in [5.74, 6) is -0.609. The Morgan fingerprint density at radius 3 is 2.58 bits per heavy atom. The lowest BCUT2D eigenvalue weighted by Crippen LogP contribution is -2.39. The molecule has 0 aliphatic heterocycles. The van der Waals surface area contributed by atoms with E-state index in [0.717, 1.165) is 0 Å². The monoisotopic (exact) mass is 268 g/mol. The Hall–Kier alpha value is -1.62. The van der Waals surface area contributed by atoms with Crippen LogP contribution in [0.4, 0.5) is 10.1 Å². The molecule has 19 heavy (non-hydrogen) atoms. The minimum atomic E-state index is -0.924. The van der Waals surface area contributed by atoms with Crippen molar-refractivity contribution in [1.82, 2.24) is 5.32 Å². The van der Waals surface area contributed by atoms with Crippen LogP contribution in [0.1, 0.15) is 32.4 Å². The van der Waals surface area contributed by atoms with Gasteiger partial charge in [0.1, 0.15) is 5.82 Å². The van der Waals surface area contributed by atoms with E-state index in [1.165, 1.54) is 13.0 Å². The molecular formula is C14H21FN2O2. The minimum Gasteiger partial charge on any atom is -0.389 e. The summed E-state index contributed by atoms with van der Waals surface area (Å²) in [7, 11) is 1.70. The highest BCUT2D eigenvalue weighted by molar-refractivity contribution is 5.81. The van der Waals surface area contributed by atoms with Crippen molar-refractivity contribution in [3.05, 3.63) is 29.6 Å². The molecule has 1 aromatic rings. The van der Waals surface area contributed by atoms with E-state index in [9.17, 15) is 14.3 Å². The summed E-state index contributed by atoms with van der Waals surface area (Å²) in [4.78, 5) is 13.3. The zero-order valence-corrected chi connectivity index (χ0v) is 11.8. The number of hydrogen-bond donors (Lipinski definition) is 2. The average molecular weight is 268 g/mol. The fourth-order valence-electron chi connectivity index (χ4n) is 1.94. The van der Waals surface area contributed by atoms with Gasteiger partial charge in [-0.15, -0.1) is 0 Å². The quantitative estimate of drug-likeness (QED) is 0.856. The molecule has 0 radical (unpaired) electrons. The van der Waals surface area contributed by atoms with Crippen LogP contribution in [0.15, 0.2) is 18.2 Å². The molecule has 0 spiro atoms. The van der Waals surface area contributed by atoms with Crippen LogP contribution < -0.4 is 10.2 Å². The summed E-state index contributed by atoms with van der Waals surface area (Å²) in [6, 6.07) is 4.61. The third kappa shape index (κ3) is 4.21. The molecular weight excluding hydrogens is 247 g/mol. The Kier molecular flexibility index (Phi) is 5.30. The predicted octanol–water partition coefficient (Wildman–Crippen LogP) is 1.84. The summed E-state index contributed by atoms with van der Waals surface area (Å²) in [6.45, 7) is 5.37. The van der Waals surface area contributed by atoms with E-state index in [1.807, 2.05) is 13.8 Å². The van der Waals surface area contributed by atoms with Crippen LogP contribution in [-0.4, -0.2) is 30.6 Å². The number of benzene rings is 1. The molecule has 1 amide bonds. The molecule has 0 aliphatic carbocycles. The standard InChI is InChI=1S/C14H21FN2O2/c1-9(2)16-13(19)8-17(4)12-7-5-6-11(15)14(12)10(3)18/h5-7,9-10,18H,8H2,1-4H3,(H,16,19). The Morgan fingerprint density at radius 2 is 2.05 bits per heavy atom. The first-order chi connectivity index (χ1) is 8.82. The topological polar surface area (TPSA) is 52.6 Å². The predicted molar refractivity (Wildman–Crippen MR) is 73.6 cm³/mol. The average Bonchev–Trinajstić information content (AvgIpc) is 2.26. The number of halogens is 1. The van der Waals surface area contributed by atoms with Gasteiger partial charge in [-0.05, 0) is 32.9 Å². The van der Waals surface area contributed by atoms with Gasteiger partial charge in [0, 0.05) is 24.3 Å². The summed E-state index contributed by atoms with van der Waals surface area (Å²) in [5, 5.41) is 12.4. The summed E-state index contributed by atoms with van der Waals surface area (Å²) >= 11 is 0. The van der Waals surface area contributed by atoms with Gasteiger partial charge in [-0.2, -0.15) is 0 Å². The van der Waals surface area contributed by atoms with E-state index >= 15 is 0 Å². The second-order valence-electron chi connectivity index (χ2n) is 4.93. The first kappa shape index (κ1) is 15.4. The number of rotatable bonds is 5. The fourth-order valence-corrected chi connectivity index (χ4v) is 1.94. The van der Waals surface area contributed by atoms with E-state index in [2.05, 4.69) is 5.32 Å². The number of nitrogens with zero attached hydrogens (tertiary/aromatic N) is 1. The zero-order chi connectivity index (χ0) is 14.6. The number of anilines is 1. The largest absolute Gasteiger partial charge is 0.389 e. The number of amides is 1. The van der Waals surface area contributed by atoms with E-state index in [0.29, 0.717) is 5.69 Å². The second kappa shape index (κ2) is 6.52. The maximum absolute atomic E-state index is 13.7. The van der Waals surface area contributed by atoms with Crippen LogP contribution in [0, 0.1) is 5.82 Å². The van der Waals surface area contributed by atoms with E-state index in [1.54, 1.807) is 24.1 Å². The first-order valence-corrected chi connectivity index (χ1v) is 6.30. The third-order valence-corrected chi connectivity index (χ3v) is 2.69. The van der Waals surface area contributed by atoms with Crippen molar-refractivity contribution < 1.29 is 14.3 Å². The highest BCUT2D eigenvalue weighted by atomic mass is 19.1. The highest BCUT2D eigenvalue weighted by Crippen LogP contribution is 2.27. The molecule has 5 heteroatoms. The van der Waals surface area contributed by atoms with Crippen LogP contribution >= 0.6 is 0 Å². The number of hydrogen-bond acceptors (Lipinski definition) is 3. The fraction of sp³-hybridized carbons (Fsp3) is 0.500. The van der Waals surface area contributed by atoms with Crippen molar-refractivity contribution >= 4 is 11.6 Å². The van der Waals surface area contributed by atoms with Crippen LogP contribution in [0.5, 0.6) is 0 Å². The number of carbonyl (C=O) groups is 1. The van der Waals surface area contributed by atoms with Gasteiger partial charge in [0.15, 0.2) is 0 Å². The molecule has 0 heterocycles. The van der Waals surface area contributed by atoms with Gasteiger partial charge >= 0.3 is 0 Å². The number of nitrogens with one attached hydrogen (secondary N) is 1. The molecule has 0 bridgehead atoms. The van der Waals surface area contributed by atoms with E-state index < -0.39 is 11.9 Å². The van der Waals surface area contributed by atoms with E-state index in [4.69, 9.17) is 0 Å². The molecule has 106 valence electrons. The number of likely N-dealkylation sites (N-methyl/N-ethyl adjacent to an activating group) is 1. The summed E-state index contributed by atoms with van der Waals surface area (Å²) < 4.78 is 13.7. The number of carbonyl (C=O) groups excluding carboxylic acids is 1. The molecule has 1 unspecified atom stereocenters. The lowest BCUT2D eigenvalue weighted by atomic mass is 10.1. The van der Waals surface area contributed by atoms with Gasteiger partial charge in [-0.1, -0.05) is 6.07 Å². The van der Waals surface area contributed by atoms with Gasteiger partial charge in [-0.3, -0.25) is 4.79 Å². The van der Waals surface area contributed by atoms with Crippen LogP contribution in [0.25, 0.3) is 0 Å². The van der Waals surface area contributed by atoms with Crippen molar-refractivity contribution in [2.75, 3.05) is 18.5 Å². The van der Waals surface area contributed by atoms with Crippen molar-refractivity contribution in [3.63, 3.8) is 0 Å². The van der Waals surface area contributed by atoms with Crippen LogP contribution in [0.3, 0.4) is 0 Å². The van der Waals surface area contributed by atoms with Crippen molar-refractivity contribution in [3.8, 4) is 0 Å². The van der Waals surface area contributed by atoms with Crippen LogP contribution in [0.2, 0.25) is 0 Å². The molecule has 4 nitrogen and oxygen atoms in total. The van der Waals surface area contributed by atoms with Gasteiger partial charge in [0.2, 0.25) is 5.91 Å². The number of aliphatic hydroxyl groups excluding tert-OH is 1. The zero-order valence-electron chi connectivity index (χ0n) is 11.8. The molecule has 1 atom stereocenters. The van der Waals surface area contributed by atoms with Crippen molar-refractivity contribution in [2.24, 2.45) is 0 Å². The van der Waals surface area contributed by atoms with Gasteiger partial charge in [-0.25, -0.2) is 4.39 Å². The van der Waals surface area contributed by atoms with Gasteiger partial charge in [0.25, 0.3) is 0 Å². The second-order valence-corrected chi connectivity index (χ2v) is 4.93. The first-order valence-electron chi connectivity index (χ1n) is 6.30. The SMILES string of the molecule is CC(C)NC(=O)CN(C)c1cccc(F)c1C(C)O. The maximum Gasteiger partial charge on any atom is 0.239 e. The highest BCUT2D eigenvalue weighted by Gasteiger charge is 2.17. The lowest BCUT2D eigenvalue weighted by Gasteiger charge is -2.24. The van der Waals surface area contributed by atoms with Crippen LogP contribution in [-0.2, 0) is 4.79 Å². The maximum atomic E-state index is 13.7. The van der Waals surface area contributed by atoms with Crippen molar-refractivity contribution in [2.45, 2.75) is 32.9 Å². The lowest BCUT2D eigenvalue weighted by molar-refractivity contribution is -0.120. The summed E-state index contributed by atoms with van der Waals surface area (Å²) in [6.07, 6.45) is -0.924. The smallest absolute Gasteiger partial charge is 0.239 e. The molecule has 1 aromatic carbocycles. The summed E-state index contributed by atoms with van der Waals surface area (Å²) in [5.41, 5.74) is 0.733. The Morgan fingerprint density at radius 1 is 1.42 bits per heavy atom. The molecule has 0 aromatic heterocycles. The normalized spacial score (nSPS) is 12.4. The number of aliphatic hydroxyl groups is 1. The molecule has 2 N–H and O–H groups in total. The molecule has 0 aliphatic rings. The van der Waals surface area contributed by atoms with Gasteiger partial charge in [0.05, 0.1) is 12.6 Å². The molecule has 1 rings (SSSR count). The van der Waals surface area contributed by atoms with E-state index in [-0.39, 0.29) is 24.1 Å². The molecule has 0 saturated carbocycles. The molecule has 0 fully saturated rings. The molecule has 0 saturated heterocycles. The third-order valence-electron chi connectivity index (χ3n) is 2.69.